The molecule has 0 aromatic carbocycles. The van der Waals surface area contributed by atoms with E-state index in [0.29, 0.717) is 4.57 Å². The van der Waals surface area contributed by atoms with Crippen LogP contribution in [0.15, 0.2) is 21.9 Å². The Hall–Kier alpha value is -1.06. The summed E-state index contributed by atoms with van der Waals surface area (Å²) in [5.74, 6) is 0. The lowest BCUT2D eigenvalue weighted by Gasteiger charge is -2.24. The van der Waals surface area contributed by atoms with E-state index >= 15 is 0 Å². The van der Waals surface area contributed by atoms with Gasteiger partial charge in [0.25, 0.3) is 5.56 Å². The van der Waals surface area contributed by atoms with Gasteiger partial charge in [-0.25, -0.2) is 22.9 Å². The molecule has 7 atom stereocenters. The molecule has 0 bridgehead atoms. The summed E-state index contributed by atoms with van der Waals surface area (Å²) in [6.07, 6.45) is -6.07. The predicted molar refractivity (Wildman–Crippen MR) is 88.4 cm³/mol. The molecule has 6 N–H and O–H groups in total. The minimum Gasteiger partial charge on any atom is -0.395 e. The number of phosphoric acid groups is 3. The van der Waals surface area contributed by atoms with Gasteiger partial charge in [-0.1, -0.05) is 0 Å². The van der Waals surface area contributed by atoms with E-state index < -0.39 is 71.3 Å². The third-order valence-electron chi connectivity index (χ3n) is 4.34. The van der Waals surface area contributed by atoms with E-state index in [1.54, 1.807) is 0 Å². The Bertz CT molecular complexity index is 1100. The van der Waals surface area contributed by atoms with Crippen LogP contribution in [-0.2, 0) is 31.6 Å². The molecule has 30 heavy (non-hydrogen) atoms. The second kappa shape index (κ2) is 7.52. The van der Waals surface area contributed by atoms with Crippen LogP contribution >= 0.6 is 23.5 Å². The molecule has 1 aliphatic carbocycles. The Morgan fingerprint density at radius 1 is 1.17 bits per heavy atom. The Morgan fingerprint density at radius 2 is 1.80 bits per heavy atom. The van der Waals surface area contributed by atoms with Gasteiger partial charge in [-0.15, -0.1) is 0 Å². The summed E-state index contributed by atoms with van der Waals surface area (Å²) in [5, 5.41) is 9.58. The highest BCUT2D eigenvalue weighted by atomic mass is 31.3. The van der Waals surface area contributed by atoms with Crippen molar-refractivity contribution in [1.82, 2.24) is 9.55 Å². The SMILES string of the molecule is O=c1ccn(C2OC3C(OP(=O)(O)OP(=O)(O)OP(=O)(O)O)C3(CO)C2F)c(=O)[nH]1. The number of ether oxygens (including phenoxy) is 1. The number of aliphatic hydroxyl groups excluding tert-OH is 1. The van der Waals surface area contributed by atoms with Gasteiger partial charge >= 0.3 is 29.2 Å². The van der Waals surface area contributed by atoms with Crippen LogP contribution in [0, 0.1) is 5.41 Å². The lowest BCUT2D eigenvalue weighted by atomic mass is 10.0. The number of aromatic nitrogens is 2. The zero-order valence-electron chi connectivity index (χ0n) is 14.2. The molecule has 170 valence electrons. The first-order valence-corrected chi connectivity index (χ1v) is 12.2. The van der Waals surface area contributed by atoms with Crippen molar-refractivity contribution in [3.8, 4) is 0 Å². The van der Waals surface area contributed by atoms with Gasteiger partial charge in [0, 0.05) is 12.3 Å². The van der Waals surface area contributed by atoms with Crippen LogP contribution < -0.4 is 11.2 Å². The fraction of sp³-hybridized carbons (Fsp3) is 0.600. The first-order chi connectivity index (χ1) is 13.6. The van der Waals surface area contributed by atoms with E-state index in [-0.39, 0.29) is 0 Å². The first kappa shape index (κ1) is 23.6. The lowest BCUT2D eigenvalue weighted by molar-refractivity contribution is -0.0542. The summed E-state index contributed by atoms with van der Waals surface area (Å²) in [5.41, 5.74) is -3.78. The molecule has 2 heterocycles. The van der Waals surface area contributed by atoms with Gasteiger partial charge in [-0.05, 0) is 0 Å². The third-order valence-corrected chi connectivity index (χ3v) is 8.16. The van der Waals surface area contributed by atoms with E-state index in [2.05, 4.69) is 13.1 Å². The van der Waals surface area contributed by atoms with Crippen molar-refractivity contribution >= 4 is 23.5 Å². The van der Waals surface area contributed by atoms with Crippen molar-refractivity contribution in [2.24, 2.45) is 5.41 Å². The zero-order valence-corrected chi connectivity index (χ0v) is 16.9. The van der Waals surface area contributed by atoms with Crippen LogP contribution in [0.5, 0.6) is 0 Å². The van der Waals surface area contributed by atoms with Crippen molar-refractivity contribution in [2.45, 2.75) is 24.6 Å². The van der Waals surface area contributed by atoms with E-state index in [4.69, 9.17) is 19.4 Å². The van der Waals surface area contributed by atoms with Crippen molar-refractivity contribution < 1.29 is 60.6 Å². The quantitative estimate of drug-likeness (QED) is 0.223. The minimum absolute atomic E-state index is 0.664. The molecular weight excluding hydrogens is 484 g/mol. The topological polar surface area (TPSA) is 244 Å². The van der Waals surface area contributed by atoms with E-state index in [9.17, 15) is 37.7 Å². The summed E-state index contributed by atoms with van der Waals surface area (Å²) in [7, 11) is -17.0. The highest BCUT2D eigenvalue weighted by Crippen LogP contribution is 2.71. The minimum atomic E-state index is -5.79. The van der Waals surface area contributed by atoms with E-state index in [1.165, 1.54) is 0 Å². The summed E-state index contributed by atoms with van der Waals surface area (Å²) < 4.78 is 66.3. The van der Waals surface area contributed by atoms with Crippen LogP contribution in [0.4, 0.5) is 4.39 Å². The van der Waals surface area contributed by atoms with Gasteiger partial charge in [0.05, 0.1) is 12.0 Å². The number of nitrogens with one attached hydrogen (secondary N) is 1. The van der Waals surface area contributed by atoms with Crippen molar-refractivity contribution in [3.63, 3.8) is 0 Å². The van der Waals surface area contributed by atoms with Crippen molar-refractivity contribution in [1.29, 1.82) is 0 Å². The van der Waals surface area contributed by atoms with Gasteiger partial charge in [0.2, 0.25) is 0 Å². The zero-order chi connectivity index (χ0) is 22.7. The van der Waals surface area contributed by atoms with Gasteiger partial charge in [0.15, 0.2) is 12.4 Å². The van der Waals surface area contributed by atoms with Gasteiger partial charge in [0.1, 0.15) is 12.2 Å². The fourth-order valence-corrected chi connectivity index (χ4v) is 6.34. The van der Waals surface area contributed by atoms with Gasteiger partial charge < -0.3 is 29.4 Å². The maximum Gasteiger partial charge on any atom is 0.490 e. The molecule has 7 unspecified atom stereocenters. The molecule has 1 saturated heterocycles. The van der Waals surface area contributed by atoms with Gasteiger partial charge in [-0.2, -0.15) is 8.62 Å². The standard InChI is InChI=1S/C10H14FN2O14P3/c11-5-8(13-2-1-4(15)12-9(13)16)24-6-7(10(5,6)3-14)25-29(20,21)27-30(22,23)26-28(17,18)19/h1-2,5-8,14H,3H2,(H,20,21)(H,22,23)(H,12,15,16)(H2,17,18,19). The summed E-state index contributed by atoms with van der Waals surface area (Å²) >= 11 is 0. The first-order valence-electron chi connectivity index (χ1n) is 7.66. The number of alkyl halides is 1. The summed E-state index contributed by atoms with van der Waals surface area (Å²) in [6.45, 7) is -1.02. The molecule has 0 spiro atoms. The monoisotopic (exact) mass is 498 g/mol. The Morgan fingerprint density at radius 3 is 2.30 bits per heavy atom. The summed E-state index contributed by atoms with van der Waals surface area (Å²) in [4.78, 5) is 60.4. The molecule has 1 saturated carbocycles. The summed E-state index contributed by atoms with van der Waals surface area (Å²) in [6, 6.07) is 0.899. The van der Waals surface area contributed by atoms with Crippen LogP contribution in [-0.4, -0.2) is 59.2 Å². The molecule has 1 aliphatic heterocycles. The van der Waals surface area contributed by atoms with Crippen LogP contribution in [0.2, 0.25) is 0 Å². The average Bonchev–Trinajstić information content (AvgIpc) is 3.02. The highest BCUT2D eigenvalue weighted by molar-refractivity contribution is 7.66. The molecule has 0 radical (unpaired) electrons. The van der Waals surface area contributed by atoms with Crippen LogP contribution in [0.25, 0.3) is 0 Å². The molecule has 20 heteroatoms. The molecule has 1 aromatic rings. The number of nitrogens with zero attached hydrogens (tertiary/aromatic N) is 1. The lowest BCUT2D eigenvalue weighted by Crippen LogP contribution is -2.39. The Balaban J connectivity index is 1.76. The van der Waals surface area contributed by atoms with Crippen LogP contribution in [0.3, 0.4) is 0 Å². The molecule has 2 fully saturated rings. The number of fused-ring (bicyclic) bond motifs is 1. The Labute approximate surface area is 164 Å². The largest absolute Gasteiger partial charge is 0.490 e. The number of hydrogen-bond donors (Lipinski definition) is 6. The number of aliphatic hydroxyl groups is 1. The average molecular weight is 498 g/mol. The number of halogens is 1. The van der Waals surface area contributed by atoms with Crippen LogP contribution in [0.1, 0.15) is 6.23 Å². The van der Waals surface area contributed by atoms with E-state index in [0.717, 1.165) is 12.3 Å². The van der Waals surface area contributed by atoms with Crippen molar-refractivity contribution in [3.05, 3.63) is 33.1 Å². The number of phosphoric ester groups is 1. The smallest absolute Gasteiger partial charge is 0.395 e. The van der Waals surface area contributed by atoms with Gasteiger partial charge in [-0.3, -0.25) is 18.9 Å². The molecule has 2 aliphatic rings. The highest BCUT2D eigenvalue weighted by Gasteiger charge is 2.80. The van der Waals surface area contributed by atoms with E-state index in [1.807, 2.05) is 4.98 Å². The molecule has 0 amide bonds. The number of rotatable bonds is 8. The maximum absolute atomic E-state index is 15.0. The predicted octanol–water partition coefficient (Wildman–Crippen LogP) is -1.52. The number of aromatic amines is 1. The second-order valence-electron chi connectivity index (χ2n) is 6.25. The normalized spacial score (nSPS) is 34.7. The number of hydrogen-bond acceptors (Lipinski definition) is 10. The third kappa shape index (κ3) is 4.43. The molecule has 16 nitrogen and oxygen atoms in total. The molecule has 3 rings (SSSR count). The molecule has 1 aromatic heterocycles. The Kier molecular flexibility index (Phi) is 5.91. The second-order valence-corrected chi connectivity index (χ2v) is 10.6. The molecular formula is C10H14FN2O14P3. The fourth-order valence-electron chi connectivity index (χ4n) is 3.08. The number of H-pyrrole nitrogens is 1. The van der Waals surface area contributed by atoms with Crippen molar-refractivity contribution in [2.75, 3.05) is 6.61 Å². The maximum atomic E-state index is 15.0.